The predicted molar refractivity (Wildman–Crippen MR) is 93.6 cm³/mol. The molecule has 0 atom stereocenters. The van der Waals surface area contributed by atoms with Crippen molar-refractivity contribution in [1.82, 2.24) is 4.98 Å². The molecule has 0 aliphatic carbocycles. The topological polar surface area (TPSA) is 85.1 Å². The number of halogens is 3. The summed E-state index contributed by atoms with van der Waals surface area (Å²) in [5.41, 5.74) is -0.171. The van der Waals surface area contributed by atoms with Gasteiger partial charge in [-0.15, -0.1) is 11.3 Å². The number of rotatable bonds is 4. The van der Waals surface area contributed by atoms with Crippen LogP contribution in [0.3, 0.4) is 0 Å². The third kappa shape index (κ3) is 4.29. The van der Waals surface area contributed by atoms with Crippen molar-refractivity contribution in [3.05, 3.63) is 75.2 Å². The van der Waals surface area contributed by atoms with Gasteiger partial charge in [0.15, 0.2) is 5.13 Å². The molecule has 2 aromatic carbocycles. The number of alkyl halides is 3. The van der Waals surface area contributed by atoms with E-state index in [4.69, 9.17) is 0 Å². The lowest BCUT2D eigenvalue weighted by atomic mass is 10.1. The monoisotopic (exact) mass is 393 g/mol. The van der Waals surface area contributed by atoms with Crippen LogP contribution in [-0.4, -0.2) is 15.8 Å². The maximum atomic E-state index is 12.8. The molecule has 0 bridgehead atoms. The van der Waals surface area contributed by atoms with Crippen LogP contribution in [0.4, 0.5) is 24.0 Å². The highest BCUT2D eigenvalue weighted by Gasteiger charge is 2.30. The van der Waals surface area contributed by atoms with E-state index in [1.165, 1.54) is 41.8 Å². The van der Waals surface area contributed by atoms with Gasteiger partial charge >= 0.3 is 6.18 Å². The van der Waals surface area contributed by atoms with Crippen LogP contribution in [0.15, 0.2) is 53.9 Å². The largest absolute Gasteiger partial charge is 0.416 e. The summed E-state index contributed by atoms with van der Waals surface area (Å²) in [4.78, 5) is 26.3. The second kappa shape index (κ2) is 7.16. The Balaban J connectivity index is 1.76. The molecule has 1 heterocycles. The van der Waals surface area contributed by atoms with E-state index < -0.39 is 22.6 Å². The lowest BCUT2D eigenvalue weighted by molar-refractivity contribution is -0.384. The van der Waals surface area contributed by atoms with Crippen molar-refractivity contribution in [2.24, 2.45) is 0 Å². The van der Waals surface area contributed by atoms with Crippen molar-refractivity contribution >= 4 is 28.1 Å². The summed E-state index contributed by atoms with van der Waals surface area (Å²) < 4.78 is 38.4. The molecule has 0 aliphatic rings. The summed E-state index contributed by atoms with van der Waals surface area (Å²) in [6.07, 6.45) is -4.46. The number of nitrogens with zero attached hydrogens (tertiary/aromatic N) is 2. The van der Waals surface area contributed by atoms with Crippen LogP contribution < -0.4 is 5.32 Å². The maximum absolute atomic E-state index is 12.8. The SMILES string of the molecule is O=C(Nc1nc(-c2cccc(C(F)(F)F)c2)cs1)c1ccc([N+](=O)[O-])cc1. The molecular formula is C17H10F3N3O3S. The molecule has 0 unspecified atom stereocenters. The normalized spacial score (nSPS) is 11.2. The highest BCUT2D eigenvalue weighted by molar-refractivity contribution is 7.14. The van der Waals surface area contributed by atoms with Gasteiger partial charge in [-0.2, -0.15) is 13.2 Å². The van der Waals surface area contributed by atoms with Crippen LogP contribution in [0.2, 0.25) is 0 Å². The van der Waals surface area contributed by atoms with Gasteiger partial charge in [0, 0.05) is 28.6 Å². The number of thiazole rings is 1. The first-order valence-corrected chi connectivity index (χ1v) is 8.31. The Morgan fingerprint density at radius 2 is 1.85 bits per heavy atom. The summed E-state index contributed by atoms with van der Waals surface area (Å²) in [6.45, 7) is 0. The zero-order chi connectivity index (χ0) is 19.6. The smallest absolute Gasteiger partial charge is 0.298 e. The molecule has 1 N–H and O–H groups in total. The molecule has 0 aliphatic heterocycles. The number of aromatic nitrogens is 1. The first kappa shape index (κ1) is 18.5. The molecule has 3 aromatic rings. The zero-order valence-corrected chi connectivity index (χ0v) is 14.2. The number of amides is 1. The Hall–Kier alpha value is -3.27. The van der Waals surface area contributed by atoms with Crippen LogP contribution in [-0.2, 0) is 6.18 Å². The van der Waals surface area contributed by atoms with Gasteiger partial charge in [0.1, 0.15) is 0 Å². The van der Waals surface area contributed by atoms with Gasteiger partial charge in [-0.05, 0) is 24.3 Å². The Morgan fingerprint density at radius 1 is 1.15 bits per heavy atom. The van der Waals surface area contributed by atoms with E-state index in [1.807, 2.05) is 0 Å². The molecular weight excluding hydrogens is 383 g/mol. The Labute approximate surface area is 154 Å². The molecule has 10 heteroatoms. The minimum Gasteiger partial charge on any atom is -0.298 e. The minimum absolute atomic E-state index is 0.146. The molecule has 1 amide bonds. The van der Waals surface area contributed by atoms with Crippen molar-refractivity contribution in [2.75, 3.05) is 5.32 Å². The minimum atomic E-state index is -4.46. The number of nitro benzene ring substituents is 1. The van der Waals surface area contributed by atoms with Crippen molar-refractivity contribution in [3.63, 3.8) is 0 Å². The Morgan fingerprint density at radius 3 is 2.48 bits per heavy atom. The van der Waals surface area contributed by atoms with Gasteiger partial charge in [0.25, 0.3) is 11.6 Å². The van der Waals surface area contributed by atoms with Gasteiger partial charge in [0.05, 0.1) is 16.2 Å². The molecule has 27 heavy (non-hydrogen) atoms. The Kier molecular flexibility index (Phi) is 4.91. The molecule has 0 saturated carbocycles. The lowest BCUT2D eigenvalue weighted by Crippen LogP contribution is -2.11. The van der Waals surface area contributed by atoms with E-state index in [9.17, 15) is 28.1 Å². The average Bonchev–Trinajstić information content (AvgIpc) is 3.09. The third-order valence-corrected chi connectivity index (χ3v) is 4.31. The molecule has 0 saturated heterocycles. The number of benzene rings is 2. The van der Waals surface area contributed by atoms with E-state index >= 15 is 0 Å². The summed E-state index contributed by atoms with van der Waals surface area (Å²) in [5.74, 6) is -0.533. The van der Waals surface area contributed by atoms with Crippen molar-refractivity contribution in [3.8, 4) is 11.3 Å². The summed E-state index contributed by atoms with van der Waals surface area (Å²) in [5, 5.41) is 14.9. The van der Waals surface area contributed by atoms with Gasteiger partial charge < -0.3 is 0 Å². The molecule has 0 spiro atoms. The van der Waals surface area contributed by atoms with Gasteiger partial charge in [-0.25, -0.2) is 4.98 Å². The van der Waals surface area contributed by atoms with Crippen LogP contribution in [0.25, 0.3) is 11.3 Å². The first-order chi connectivity index (χ1) is 12.7. The predicted octanol–water partition coefficient (Wildman–Crippen LogP) is 4.99. The Bertz CT molecular complexity index is 1000. The van der Waals surface area contributed by atoms with Crippen LogP contribution in [0.5, 0.6) is 0 Å². The third-order valence-electron chi connectivity index (χ3n) is 3.55. The quantitative estimate of drug-likeness (QED) is 0.500. The molecule has 0 fully saturated rings. The second-order valence-corrected chi connectivity index (χ2v) is 6.23. The molecule has 0 radical (unpaired) electrons. The standard InChI is InChI=1S/C17H10F3N3O3S/c18-17(19,20)12-3-1-2-11(8-12)14-9-27-16(21-14)22-15(24)10-4-6-13(7-5-10)23(25)26/h1-9H,(H,21,22,24). The van der Waals surface area contributed by atoms with Gasteiger partial charge in [0.2, 0.25) is 0 Å². The number of non-ortho nitro benzene ring substituents is 1. The van der Waals surface area contributed by atoms with Crippen LogP contribution >= 0.6 is 11.3 Å². The second-order valence-electron chi connectivity index (χ2n) is 5.37. The number of hydrogen-bond donors (Lipinski definition) is 1. The number of carbonyl (C=O) groups is 1. The van der Waals surface area contributed by atoms with Crippen LogP contribution in [0, 0.1) is 10.1 Å². The molecule has 6 nitrogen and oxygen atoms in total. The van der Waals surface area contributed by atoms with Crippen molar-refractivity contribution < 1.29 is 22.9 Å². The number of carbonyl (C=O) groups excluding carboxylic acids is 1. The maximum Gasteiger partial charge on any atom is 0.416 e. The van der Waals surface area contributed by atoms with Gasteiger partial charge in [-0.3, -0.25) is 20.2 Å². The van der Waals surface area contributed by atoms with E-state index in [-0.39, 0.29) is 21.9 Å². The highest BCUT2D eigenvalue weighted by Crippen LogP contribution is 2.33. The number of nitro groups is 1. The number of hydrogen-bond acceptors (Lipinski definition) is 5. The number of anilines is 1. The van der Waals surface area contributed by atoms with E-state index in [0.717, 1.165) is 23.5 Å². The van der Waals surface area contributed by atoms with Crippen molar-refractivity contribution in [1.29, 1.82) is 0 Å². The van der Waals surface area contributed by atoms with Crippen LogP contribution in [0.1, 0.15) is 15.9 Å². The van der Waals surface area contributed by atoms with Crippen molar-refractivity contribution in [2.45, 2.75) is 6.18 Å². The van der Waals surface area contributed by atoms with E-state index in [1.54, 1.807) is 0 Å². The summed E-state index contributed by atoms with van der Waals surface area (Å²) >= 11 is 1.06. The fourth-order valence-electron chi connectivity index (χ4n) is 2.22. The molecule has 138 valence electrons. The van der Waals surface area contributed by atoms with E-state index in [2.05, 4.69) is 10.3 Å². The fraction of sp³-hybridized carbons (Fsp3) is 0.0588. The lowest BCUT2D eigenvalue weighted by Gasteiger charge is -2.07. The summed E-state index contributed by atoms with van der Waals surface area (Å²) in [6, 6.07) is 9.72. The zero-order valence-electron chi connectivity index (χ0n) is 13.4. The first-order valence-electron chi connectivity index (χ1n) is 7.43. The van der Waals surface area contributed by atoms with E-state index in [0.29, 0.717) is 5.69 Å². The highest BCUT2D eigenvalue weighted by atomic mass is 32.1. The summed E-state index contributed by atoms with van der Waals surface area (Å²) in [7, 11) is 0. The molecule has 3 rings (SSSR count). The molecule has 1 aromatic heterocycles. The fourth-order valence-corrected chi connectivity index (χ4v) is 2.94. The average molecular weight is 393 g/mol. The van der Waals surface area contributed by atoms with Gasteiger partial charge in [-0.1, -0.05) is 12.1 Å². The number of nitrogens with one attached hydrogen (secondary N) is 1.